The number of carbonyl (C=O) groups excluding carboxylic acids is 1. The Bertz CT molecular complexity index is 399. The van der Waals surface area contributed by atoms with Crippen molar-refractivity contribution in [1.82, 2.24) is 5.32 Å². The summed E-state index contributed by atoms with van der Waals surface area (Å²) in [7, 11) is 0. The van der Waals surface area contributed by atoms with Gasteiger partial charge in [-0.1, -0.05) is 24.6 Å². The van der Waals surface area contributed by atoms with E-state index in [1.807, 2.05) is 6.92 Å². The summed E-state index contributed by atoms with van der Waals surface area (Å²) < 4.78 is 13.7. The highest BCUT2D eigenvalue weighted by Gasteiger charge is 2.46. The predicted molar refractivity (Wildman–Crippen MR) is 60.6 cm³/mol. The minimum atomic E-state index is -0.610. The van der Waals surface area contributed by atoms with Crippen LogP contribution in [0.3, 0.4) is 0 Å². The summed E-state index contributed by atoms with van der Waals surface area (Å²) in [5.41, 5.74) is -0.0614. The standard InChI is InChI=1S/C13H16FNO/c1-2-15-12(16)13(8-5-9-13)10-6-3-4-7-11(10)14/h3-4,6-7H,2,5,8-9H2,1H3,(H,15,16). The van der Waals surface area contributed by atoms with E-state index in [0.717, 1.165) is 19.3 Å². The fourth-order valence-corrected chi connectivity index (χ4v) is 2.33. The third-order valence-corrected chi connectivity index (χ3v) is 3.37. The molecule has 0 bridgehead atoms. The molecule has 1 saturated carbocycles. The van der Waals surface area contributed by atoms with E-state index in [-0.39, 0.29) is 11.7 Å². The topological polar surface area (TPSA) is 29.1 Å². The molecule has 1 aliphatic carbocycles. The fraction of sp³-hybridized carbons (Fsp3) is 0.462. The van der Waals surface area contributed by atoms with Gasteiger partial charge in [-0.05, 0) is 25.8 Å². The molecule has 2 rings (SSSR count). The summed E-state index contributed by atoms with van der Waals surface area (Å²) in [5.74, 6) is -0.306. The summed E-state index contributed by atoms with van der Waals surface area (Å²) in [5, 5.41) is 2.81. The van der Waals surface area contributed by atoms with E-state index in [1.54, 1.807) is 18.2 Å². The quantitative estimate of drug-likeness (QED) is 0.834. The van der Waals surface area contributed by atoms with Gasteiger partial charge in [0.2, 0.25) is 5.91 Å². The lowest BCUT2D eigenvalue weighted by molar-refractivity contribution is -0.129. The highest BCUT2D eigenvalue weighted by atomic mass is 19.1. The van der Waals surface area contributed by atoms with Crippen molar-refractivity contribution in [2.24, 2.45) is 0 Å². The molecule has 1 amide bonds. The molecule has 16 heavy (non-hydrogen) atoms. The number of nitrogens with one attached hydrogen (secondary N) is 1. The lowest BCUT2D eigenvalue weighted by Crippen LogP contribution is -2.49. The van der Waals surface area contributed by atoms with Gasteiger partial charge < -0.3 is 5.32 Å². The summed E-state index contributed by atoms with van der Waals surface area (Å²) in [6, 6.07) is 6.60. The van der Waals surface area contributed by atoms with Crippen LogP contribution in [0.15, 0.2) is 24.3 Å². The van der Waals surface area contributed by atoms with E-state index in [1.165, 1.54) is 6.07 Å². The maximum absolute atomic E-state index is 13.7. The number of hydrogen-bond acceptors (Lipinski definition) is 1. The Morgan fingerprint density at radius 2 is 2.12 bits per heavy atom. The van der Waals surface area contributed by atoms with Crippen LogP contribution in [0.5, 0.6) is 0 Å². The number of rotatable bonds is 3. The molecule has 1 N–H and O–H groups in total. The van der Waals surface area contributed by atoms with Crippen LogP contribution in [0.4, 0.5) is 4.39 Å². The van der Waals surface area contributed by atoms with Gasteiger partial charge in [0.15, 0.2) is 0 Å². The van der Waals surface area contributed by atoms with Crippen LogP contribution in [0.25, 0.3) is 0 Å². The first-order valence-corrected chi connectivity index (χ1v) is 5.74. The number of carbonyl (C=O) groups is 1. The van der Waals surface area contributed by atoms with Gasteiger partial charge in [-0.3, -0.25) is 4.79 Å². The highest BCUT2D eigenvalue weighted by Crippen LogP contribution is 2.44. The normalized spacial score (nSPS) is 17.6. The van der Waals surface area contributed by atoms with Crippen LogP contribution < -0.4 is 5.32 Å². The van der Waals surface area contributed by atoms with Gasteiger partial charge in [0.05, 0.1) is 5.41 Å². The summed E-state index contributed by atoms with van der Waals surface area (Å²) in [6.45, 7) is 2.47. The fourth-order valence-electron chi connectivity index (χ4n) is 2.33. The lowest BCUT2D eigenvalue weighted by Gasteiger charge is -2.40. The van der Waals surface area contributed by atoms with Gasteiger partial charge in [0, 0.05) is 12.1 Å². The monoisotopic (exact) mass is 221 g/mol. The Morgan fingerprint density at radius 3 is 2.62 bits per heavy atom. The highest BCUT2D eigenvalue weighted by molar-refractivity contribution is 5.89. The van der Waals surface area contributed by atoms with E-state index in [0.29, 0.717) is 12.1 Å². The van der Waals surface area contributed by atoms with Crippen molar-refractivity contribution in [3.63, 3.8) is 0 Å². The Hall–Kier alpha value is -1.38. The predicted octanol–water partition coefficient (Wildman–Crippen LogP) is 2.38. The number of hydrogen-bond donors (Lipinski definition) is 1. The zero-order valence-corrected chi connectivity index (χ0v) is 9.42. The van der Waals surface area contributed by atoms with E-state index >= 15 is 0 Å². The van der Waals surface area contributed by atoms with Crippen LogP contribution in [0.2, 0.25) is 0 Å². The van der Waals surface area contributed by atoms with E-state index in [9.17, 15) is 9.18 Å². The van der Waals surface area contributed by atoms with Gasteiger partial charge in [0.1, 0.15) is 5.82 Å². The average Bonchev–Trinajstić information content (AvgIpc) is 2.19. The molecule has 0 aromatic heterocycles. The Kier molecular flexibility index (Phi) is 2.95. The van der Waals surface area contributed by atoms with Gasteiger partial charge >= 0.3 is 0 Å². The average molecular weight is 221 g/mol. The molecule has 0 heterocycles. The molecular formula is C13H16FNO. The van der Waals surface area contributed by atoms with Crippen LogP contribution in [0.1, 0.15) is 31.7 Å². The SMILES string of the molecule is CCNC(=O)C1(c2ccccc2F)CCC1. The smallest absolute Gasteiger partial charge is 0.230 e. The number of amides is 1. The molecule has 86 valence electrons. The van der Waals surface area contributed by atoms with Crippen molar-refractivity contribution in [3.05, 3.63) is 35.6 Å². The van der Waals surface area contributed by atoms with Gasteiger partial charge in [-0.2, -0.15) is 0 Å². The largest absolute Gasteiger partial charge is 0.356 e. The molecule has 0 saturated heterocycles. The van der Waals surface area contributed by atoms with Crippen molar-refractivity contribution in [2.75, 3.05) is 6.54 Å². The zero-order chi connectivity index (χ0) is 11.6. The Labute approximate surface area is 94.9 Å². The first kappa shape index (κ1) is 11.1. The van der Waals surface area contributed by atoms with Gasteiger partial charge in [0.25, 0.3) is 0 Å². The molecule has 0 atom stereocenters. The van der Waals surface area contributed by atoms with Crippen molar-refractivity contribution in [2.45, 2.75) is 31.6 Å². The summed E-state index contributed by atoms with van der Waals surface area (Å²) in [6.07, 6.45) is 2.49. The van der Waals surface area contributed by atoms with E-state index in [4.69, 9.17) is 0 Å². The lowest BCUT2D eigenvalue weighted by atomic mass is 9.63. The second-order valence-corrected chi connectivity index (χ2v) is 4.27. The van der Waals surface area contributed by atoms with Crippen LogP contribution in [-0.4, -0.2) is 12.5 Å². The summed E-state index contributed by atoms with van der Waals surface area (Å²) in [4.78, 5) is 12.0. The molecule has 0 aliphatic heterocycles. The second kappa shape index (κ2) is 4.24. The number of benzene rings is 1. The Balaban J connectivity index is 2.35. The third-order valence-electron chi connectivity index (χ3n) is 3.37. The van der Waals surface area contributed by atoms with Crippen molar-refractivity contribution >= 4 is 5.91 Å². The molecule has 0 unspecified atom stereocenters. The van der Waals surface area contributed by atoms with Crippen LogP contribution in [0, 0.1) is 5.82 Å². The molecule has 1 aromatic rings. The molecule has 2 nitrogen and oxygen atoms in total. The van der Waals surface area contributed by atoms with Crippen LogP contribution >= 0.6 is 0 Å². The maximum atomic E-state index is 13.7. The van der Waals surface area contributed by atoms with Gasteiger partial charge in [-0.25, -0.2) is 4.39 Å². The van der Waals surface area contributed by atoms with Crippen molar-refractivity contribution < 1.29 is 9.18 Å². The Morgan fingerprint density at radius 1 is 1.44 bits per heavy atom. The molecule has 0 spiro atoms. The molecule has 1 aromatic carbocycles. The molecule has 1 aliphatic rings. The molecule has 1 fully saturated rings. The molecule has 3 heteroatoms. The number of likely N-dealkylation sites (N-methyl/N-ethyl adjacent to an activating group) is 1. The first-order chi connectivity index (χ1) is 7.70. The second-order valence-electron chi connectivity index (χ2n) is 4.27. The number of halogens is 1. The van der Waals surface area contributed by atoms with E-state index < -0.39 is 5.41 Å². The first-order valence-electron chi connectivity index (χ1n) is 5.74. The van der Waals surface area contributed by atoms with Crippen molar-refractivity contribution in [3.8, 4) is 0 Å². The third kappa shape index (κ3) is 1.60. The van der Waals surface area contributed by atoms with E-state index in [2.05, 4.69) is 5.32 Å². The summed E-state index contributed by atoms with van der Waals surface area (Å²) >= 11 is 0. The van der Waals surface area contributed by atoms with Crippen LogP contribution in [-0.2, 0) is 10.2 Å². The molecule has 0 radical (unpaired) electrons. The van der Waals surface area contributed by atoms with Crippen molar-refractivity contribution in [1.29, 1.82) is 0 Å². The zero-order valence-electron chi connectivity index (χ0n) is 9.42. The maximum Gasteiger partial charge on any atom is 0.230 e. The molecular weight excluding hydrogens is 205 g/mol. The van der Waals surface area contributed by atoms with Gasteiger partial charge in [-0.15, -0.1) is 0 Å². The minimum absolute atomic E-state index is 0.0358. The minimum Gasteiger partial charge on any atom is -0.356 e.